The molecule has 0 amide bonds. The summed E-state index contributed by atoms with van der Waals surface area (Å²) >= 11 is 5.94. The third-order valence-corrected chi connectivity index (χ3v) is 3.44. The van der Waals surface area contributed by atoms with Crippen molar-refractivity contribution in [3.8, 4) is 0 Å². The molecule has 0 fully saturated rings. The third-order valence-electron chi connectivity index (χ3n) is 3.19. The molecule has 0 aliphatic heterocycles. The summed E-state index contributed by atoms with van der Waals surface area (Å²) in [6, 6.07) is 8.01. The predicted molar refractivity (Wildman–Crippen MR) is 81.1 cm³/mol. The van der Waals surface area contributed by atoms with Crippen molar-refractivity contribution in [1.29, 1.82) is 0 Å². The Balaban J connectivity index is 3.04. The van der Waals surface area contributed by atoms with Gasteiger partial charge in [-0.3, -0.25) is 0 Å². The van der Waals surface area contributed by atoms with Gasteiger partial charge in [0, 0.05) is 16.5 Å². The molecule has 0 heterocycles. The molecule has 1 nitrogen and oxygen atoms in total. The first kappa shape index (κ1) is 15.3. The highest BCUT2D eigenvalue weighted by atomic mass is 35.5. The molecule has 0 aliphatic rings. The van der Waals surface area contributed by atoms with E-state index in [1.165, 1.54) is 11.1 Å². The fourth-order valence-corrected chi connectivity index (χ4v) is 2.21. The van der Waals surface area contributed by atoms with Crippen molar-refractivity contribution in [2.24, 2.45) is 11.7 Å². The zero-order chi connectivity index (χ0) is 13.9. The van der Waals surface area contributed by atoms with Gasteiger partial charge in [-0.1, -0.05) is 49.7 Å². The Morgan fingerprint density at radius 1 is 1.28 bits per heavy atom. The lowest BCUT2D eigenvalue weighted by atomic mass is 9.78. The highest BCUT2D eigenvalue weighted by Gasteiger charge is 2.24. The molecule has 0 radical (unpaired) electrons. The zero-order valence-electron chi connectivity index (χ0n) is 11.8. The molecule has 0 aromatic heterocycles. The minimum atomic E-state index is -0.206. The number of halogens is 1. The van der Waals surface area contributed by atoms with Crippen LogP contribution in [0.2, 0.25) is 5.02 Å². The second-order valence-corrected chi connectivity index (χ2v) is 6.46. The van der Waals surface area contributed by atoms with Crippen molar-refractivity contribution in [1.82, 2.24) is 0 Å². The van der Waals surface area contributed by atoms with E-state index in [-0.39, 0.29) is 5.54 Å². The van der Waals surface area contributed by atoms with Crippen LogP contribution in [0, 0.1) is 5.92 Å². The lowest BCUT2D eigenvalue weighted by Crippen LogP contribution is -2.34. The maximum Gasteiger partial charge on any atom is 0.0406 e. The van der Waals surface area contributed by atoms with Gasteiger partial charge in [0.2, 0.25) is 0 Å². The van der Waals surface area contributed by atoms with E-state index in [4.69, 9.17) is 17.3 Å². The Morgan fingerprint density at radius 3 is 2.17 bits per heavy atom. The van der Waals surface area contributed by atoms with Crippen LogP contribution in [0.4, 0.5) is 0 Å². The summed E-state index contributed by atoms with van der Waals surface area (Å²) in [6.07, 6.45) is 0.894. The number of hydrogen-bond donors (Lipinski definition) is 1. The van der Waals surface area contributed by atoms with E-state index in [0.29, 0.717) is 11.8 Å². The van der Waals surface area contributed by atoms with Gasteiger partial charge in [-0.2, -0.15) is 0 Å². The molecule has 18 heavy (non-hydrogen) atoms. The number of nitrogens with two attached hydrogens (primary N) is 1. The van der Waals surface area contributed by atoms with Gasteiger partial charge in [0.25, 0.3) is 0 Å². The van der Waals surface area contributed by atoms with Gasteiger partial charge >= 0.3 is 0 Å². The molecule has 0 bridgehead atoms. The van der Waals surface area contributed by atoms with Crippen molar-refractivity contribution in [2.75, 3.05) is 0 Å². The van der Waals surface area contributed by atoms with Crippen molar-refractivity contribution in [2.45, 2.75) is 45.6 Å². The Morgan fingerprint density at radius 2 is 1.78 bits per heavy atom. The summed E-state index contributed by atoms with van der Waals surface area (Å²) in [7, 11) is 0. The van der Waals surface area contributed by atoms with Crippen LogP contribution in [0.3, 0.4) is 0 Å². The number of rotatable bonds is 5. The maximum atomic E-state index is 6.17. The summed E-state index contributed by atoms with van der Waals surface area (Å²) in [4.78, 5) is 0. The largest absolute Gasteiger partial charge is 0.326 e. The lowest BCUT2D eigenvalue weighted by molar-refractivity contribution is 0.433. The minimum absolute atomic E-state index is 0.206. The van der Waals surface area contributed by atoms with E-state index < -0.39 is 0 Å². The maximum absolute atomic E-state index is 6.17. The zero-order valence-corrected chi connectivity index (χ0v) is 12.6. The van der Waals surface area contributed by atoms with Gasteiger partial charge < -0.3 is 5.73 Å². The first-order chi connectivity index (χ1) is 8.20. The number of benzene rings is 1. The van der Waals surface area contributed by atoms with Crippen LogP contribution in [-0.4, -0.2) is 5.54 Å². The van der Waals surface area contributed by atoms with Gasteiger partial charge in [0.1, 0.15) is 0 Å². The molecule has 1 aromatic carbocycles. The molecule has 1 unspecified atom stereocenters. The highest BCUT2D eigenvalue weighted by molar-refractivity contribution is 6.30. The second-order valence-electron chi connectivity index (χ2n) is 6.03. The van der Waals surface area contributed by atoms with Gasteiger partial charge in [-0.15, -0.1) is 0 Å². The van der Waals surface area contributed by atoms with Gasteiger partial charge in [0.15, 0.2) is 0 Å². The first-order valence-corrected chi connectivity index (χ1v) is 6.81. The second kappa shape index (κ2) is 5.90. The molecule has 100 valence electrons. The van der Waals surface area contributed by atoms with E-state index in [1.54, 1.807) is 0 Å². The summed E-state index contributed by atoms with van der Waals surface area (Å²) in [5.41, 5.74) is 8.45. The van der Waals surface area contributed by atoms with E-state index in [1.807, 2.05) is 12.1 Å². The van der Waals surface area contributed by atoms with Crippen LogP contribution in [-0.2, 0) is 0 Å². The Kier molecular flexibility index (Phi) is 5.01. The van der Waals surface area contributed by atoms with Crippen LogP contribution < -0.4 is 5.73 Å². The smallest absolute Gasteiger partial charge is 0.0406 e. The van der Waals surface area contributed by atoms with Gasteiger partial charge in [-0.05, 0) is 43.9 Å². The molecule has 2 heteroatoms. The predicted octanol–water partition coefficient (Wildman–Crippen LogP) is 4.76. The summed E-state index contributed by atoms with van der Waals surface area (Å²) < 4.78 is 0. The fourth-order valence-electron chi connectivity index (χ4n) is 2.09. The Hall–Kier alpha value is -0.790. The molecular formula is C16H24ClN. The fraction of sp³-hybridized carbons (Fsp3) is 0.500. The van der Waals surface area contributed by atoms with Crippen LogP contribution in [0.5, 0.6) is 0 Å². The number of allylic oxidation sites excluding steroid dienone is 1. The molecule has 1 aromatic rings. The Bertz CT molecular complexity index is 398. The highest BCUT2D eigenvalue weighted by Crippen LogP contribution is 2.34. The van der Waals surface area contributed by atoms with Crippen LogP contribution in [0.15, 0.2) is 36.4 Å². The van der Waals surface area contributed by atoms with E-state index >= 15 is 0 Å². The summed E-state index contributed by atoms with van der Waals surface area (Å²) in [5.74, 6) is 0.746. The van der Waals surface area contributed by atoms with Crippen molar-refractivity contribution < 1.29 is 0 Å². The van der Waals surface area contributed by atoms with E-state index in [0.717, 1.165) is 11.4 Å². The average molecular weight is 266 g/mol. The average Bonchev–Trinajstić information content (AvgIpc) is 2.25. The third kappa shape index (κ3) is 4.47. The summed E-state index contributed by atoms with van der Waals surface area (Å²) in [5, 5.41) is 0.764. The van der Waals surface area contributed by atoms with Gasteiger partial charge in [0.05, 0.1) is 0 Å². The SMILES string of the molecule is C=C(C(C)C)C(CC(C)(C)N)c1ccc(Cl)cc1. The molecule has 0 aliphatic carbocycles. The minimum Gasteiger partial charge on any atom is -0.326 e. The van der Waals surface area contributed by atoms with E-state index in [9.17, 15) is 0 Å². The topological polar surface area (TPSA) is 26.0 Å². The molecule has 1 atom stereocenters. The van der Waals surface area contributed by atoms with Crippen LogP contribution in [0.25, 0.3) is 0 Å². The van der Waals surface area contributed by atoms with Gasteiger partial charge in [-0.25, -0.2) is 0 Å². The quantitative estimate of drug-likeness (QED) is 0.763. The molecule has 2 N–H and O–H groups in total. The first-order valence-electron chi connectivity index (χ1n) is 6.44. The Labute approximate surface area is 116 Å². The molecule has 0 spiro atoms. The van der Waals surface area contributed by atoms with Crippen LogP contribution in [0.1, 0.15) is 45.6 Å². The standard InChI is InChI=1S/C16H24ClN/c1-11(2)12(3)15(10-16(4,5)18)13-6-8-14(17)9-7-13/h6-9,11,15H,3,10,18H2,1-2,4-5H3. The lowest BCUT2D eigenvalue weighted by Gasteiger charge is -2.29. The normalized spacial score (nSPS) is 13.7. The van der Waals surface area contributed by atoms with E-state index in [2.05, 4.69) is 46.4 Å². The molecule has 0 saturated carbocycles. The van der Waals surface area contributed by atoms with Crippen molar-refractivity contribution in [3.63, 3.8) is 0 Å². The van der Waals surface area contributed by atoms with Crippen LogP contribution >= 0.6 is 11.6 Å². The molecular weight excluding hydrogens is 242 g/mol. The molecule has 1 rings (SSSR count). The molecule has 0 saturated heterocycles. The summed E-state index contributed by atoms with van der Waals surface area (Å²) in [6.45, 7) is 12.7. The number of hydrogen-bond acceptors (Lipinski definition) is 1. The van der Waals surface area contributed by atoms with Crippen molar-refractivity contribution >= 4 is 11.6 Å². The van der Waals surface area contributed by atoms with Crippen molar-refractivity contribution in [3.05, 3.63) is 47.0 Å². The monoisotopic (exact) mass is 265 g/mol.